The molecule has 6 heteroatoms. The molecule has 128 valence electrons. The second kappa shape index (κ2) is 7.09. The number of hydrogen-bond donors (Lipinski definition) is 0. The van der Waals surface area contributed by atoms with E-state index in [4.69, 9.17) is 9.47 Å². The minimum Gasteiger partial charge on any atom is -0.497 e. The molecular formula is C19H18N2O4. The fourth-order valence-corrected chi connectivity index (χ4v) is 2.62. The van der Waals surface area contributed by atoms with Crippen LogP contribution in [0.2, 0.25) is 0 Å². The van der Waals surface area contributed by atoms with Crippen molar-refractivity contribution >= 4 is 0 Å². The number of aromatic nitrogens is 2. The second-order valence-corrected chi connectivity index (χ2v) is 5.43. The highest BCUT2D eigenvalue weighted by Crippen LogP contribution is 2.20. The molecule has 0 aliphatic carbocycles. The predicted molar refractivity (Wildman–Crippen MR) is 94.9 cm³/mol. The zero-order valence-corrected chi connectivity index (χ0v) is 14.0. The van der Waals surface area contributed by atoms with E-state index in [2.05, 4.69) is 0 Å². The average molecular weight is 338 g/mol. The first-order chi connectivity index (χ1) is 12.1. The molecule has 0 N–H and O–H groups in total. The van der Waals surface area contributed by atoms with Crippen LogP contribution in [0.5, 0.6) is 11.5 Å². The molecule has 0 spiro atoms. The Bertz CT molecular complexity index is 1000. The van der Waals surface area contributed by atoms with Crippen molar-refractivity contribution in [1.29, 1.82) is 0 Å². The number of hydrogen-bond acceptors (Lipinski definition) is 4. The summed E-state index contributed by atoms with van der Waals surface area (Å²) in [6.45, 7) is 0.290. The van der Waals surface area contributed by atoms with Crippen LogP contribution in [0.25, 0.3) is 5.69 Å². The number of ether oxygens (including phenoxy) is 2. The first kappa shape index (κ1) is 16.6. The number of methoxy groups -OCH3 is 2. The lowest BCUT2D eigenvalue weighted by Gasteiger charge is -2.12. The van der Waals surface area contributed by atoms with Crippen molar-refractivity contribution in [2.75, 3.05) is 14.2 Å². The number of rotatable bonds is 5. The van der Waals surface area contributed by atoms with Crippen molar-refractivity contribution in [3.63, 3.8) is 0 Å². The third kappa shape index (κ3) is 3.33. The number of nitrogens with zero attached hydrogens (tertiary/aromatic N) is 2. The molecule has 0 unspecified atom stereocenters. The number of para-hydroxylation sites is 2. The number of benzene rings is 2. The Morgan fingerprint density at radius 2 is 1.68 bits per heavy atom. The first-order valence-electron chi connectivity index (χ1n) is 7.72. The Hall–Kier alpha value is -3.28. The predicted octanol–water partition coefficient (Wildman–Crippen LogP) is 2.06. The summed E-state index contributed by atoms with van der Waals surface area (Å²) < 4.78 is 13.1. The summed E-state index contributed by atoms with van der Waals surface area (Å²) in [5.41, 5.74) is 0.169. The van der Waals surface area contributed by atoms with E-state index >= 15 is 0 Å². The van der Waals surface area contributed by atoms with Gasteiger partial charge in [-0.05, 0) is 29.8 Å². The van der Waals surface area contributed by atoms with Crippen LogP contribution in [-0.2, 0) is 6.54 Å². The molecule has 0 amide bonds. The van der Waals surface area contributed by atoms with Gasteiger partial charge in [-0.25, -0.2) is 0 Å². The maximum absolute atomic E-state index is 12.5. The molecule has 0 aliphatic heterocycles. The molecule has 1 aromatic heterocycles. The van der Waals surface area contributed by atoms with Crippen molar-refractivity contribution in [2.45, 2.75) is 6.54 Å². The smallest absolute Gasteiger partial charge is 0.321 e. The van der Waals surface area contributed by atoms with Crippen molar-refractivity contribution in [3.05, 3.63) is 87.2 Å². The Kier molecular flexibility index (Phi) is 4.70. The Morgan fingerprint density at radius 1 is 0.880 bits per heavy atom. The molecule has 3 rings (SSSR count). The lowest BCUT2D eigenvalue weighted by atomic mass is 10.2. The van der Waals surface area contributed by atoms with Gasteiger partial charge >= 0.3 is 11.1 Å². The summed E-state index contributed by atoms with van der Waals surface area (Å²) in [6.07, 6.45) is 3.16. The van der Waals surface area contributed by atoms with E-state index in [1.807, 2.05) is 24.3 Å². The van der Waals surface area contributed by atoms with Crippen molar-refractivity contribution in [1.82, 2.24) is 9.13 Å². The van der Waals surface area contributed by atoms with Crippen molar-refractivity contribution in [3.8, 4) is 17.2 Å². The first-order valence-corrected chi connectivity index (χ1v) is 7.72. The average Bonchev–Trinajstić information content (AvgIpc) is 2.66. The molecule has 3 aromatic rings. The molecule has 2 aromatic carbocycles. The van der Waals surface area contributed by atoms with Gasteiger partial charge in [0.2, 0.25) is 0 Å². The lowest BCUT2D eigenvalue weighted by molar-refractivity contribution is 0.412. The van der Waals surface area contributed by atoms with Crippen LogP contribution in [0.3, 0.4) is 0 Å². The summed E-state index contributed by atoms with van der Waals surface area (Å²) in [7, 11) is 3.10. The third-order valence-corrected chi connectivity index (χ3v) is 3.89. The van der Waals surface area contributed by atoms with Crippen LogP contribution in [0.15, 0.2) is 70.5 Å². The fourth-order valence-electron chi connectivity index (χ4n) is 2.62. The fraction of sp³-hybridized carbons (Fsp3) is 0.158. The molecule has 0 atom stereocenters. The summed E-state index contributed by atoms with van der Waals surface area (Å²) in [6, 6.07) is 14.4. The van der Waals surface area contributed by atoms with Crippen LogP contribution in [0.1, 0.15) is 5.56 Å². The van der Waals surface area contributed by atoms with Crippen LogP contribution < -0.4 is 20.6 Å². The molecule has 0 saturated carbocycles. The van der Waals surface area contributed by atoms with Gasteiger partial charge in [-0.3, -0.25) is 14.2 Å². The molecule has 0 fully saturated rings. The largest absolute Gasteiger partial charge is 0.497 e. The van der Waals surface area contributed by atoms with E-state index < -0.39 is 11.1 Å². The minimum atomic E-state index is -0.630. The van der Waals surface area contributed by atoms with Gasteiger partial charge in [0.25, 0.3) is 0 Å². The van der Waals surface area contributed by atoms with Gasteiger partial charge in [0.1, 0.15) is 11.5 Å². The van der Waals surface area contributed by atoms with Crippen LogP contribution in [-0.4, -0.2) is 23.4 Å². The van der Waals surface area contributed by atoms with Crippen LogP contribution in [0, 0.1) is 0 Å². The standard InChI is InChI=1S/C19H18N2O4/c1-24-15-7-5-6-14(12-15)13-20-10-11-21(19(23)18(20)22)16-8-3-4-9-17(16)25-2/h3-12H,13H2,1-2H3. The van der Waals surface area contributed by atoms with Gasteiger partial charge in [0.15, 0.2) is 0 Å². The van der Waals surface area contributed by atoms with Gasteiger partial charge in [0.05, 0.1) is 26.5 Å². The van der Waals surface area contributed by atoms with Gasteiger partial charge in [-0.2, -0.15) is 0 Å². The molecule has 0 radical (unpaired) electrons. The SMILES string of the molecule is COc1cccc(Cn2ccn(-c3ccccc3OC)c(=O)c2=O)c1. The molecule has 6 nitrogen and oxygen atoms in total. The van der Waals surface area contributed by atoms with Crippen LogP contribution in [0.4, 0.5) is 0 Å². The lowest BCUT2D eigenvalue weighted by Crippen LogP contribution is -2.40. The molecule has 0 bridgehead atoms. The van der Waals surface area contributed by atoms with E-state index in [0.29, 0.717) is 17.2 Å². The Morgan fingerprint density at radius 3 is 2.44 bits per heavy atom. The van der Waals surface area contributed by atoms with E-state index in [1.165, 1.54) is 16.2 Å². The molecular weight excluding hydrogens is 320 g/mol. The van der Waals surface area contributed by atoms with E-state index in [1.54, 1.807) is 43.8 Å². The van der Waals surface area contributed by atoms with Crippen molar-refractivity contribution in [2.24, 2.45) is 0 Å². The second-order valence-electron chi connectivity index (χ2n) is 5.43. The van der Waals surface area contributed by atoms with Gasteiger partial charge < -0.3 is 14.0 Å². The molecule has 1 heterocycles. The summed E-state index contributed by atoms with van der Waals surface area (Å²) in [5.74, 6) is 1.22. The van der Waals surface area contributed by atoms with Gasteiger partial charge in [-0.1, -0.05) is 24.3 Å². The molecule has 0 aliphatic rings. The maximum Gasteiger partial charge on any atom is 0.321 e. The van der Waals surface area contributed by atoms with E-state index in [0.717, 1.165) is 5.56 Å². The van der Waals surface area contributed by atoms with Gasteiger partial charge in [0, 0.05) is 12.4 Å². The maximum atomic E-state index is 12.5. The summed E-state index contributed by atoms with van der Waals surface area (Å²) >= 11 is 0. The normalized spacial score (nSPS) is 10.5. The zero-order chi connectivity index (χ0) is 17.8. The molecule has 25 heavy (non-hydrogen) atoms. The summed E-state index contributed by atoms with van der Waals surface area (Å²) in [4.78, 5) is 25.0. The highest BCUT2D eigenvalue weighted by Gasteiger charge is 2.10. The highest BCUT2D eigenvalue weighted by molar-refractivity contribution is 5.46. The highest BCUT2D eigenvalue weighted by atomic mass is 16.5. The monoisotopic (exact) mass is 338 g/mol. The van der Waals surface area contributed by atoms with E-state index in [9.17, 15) is 9.59 Å². The van der Waals surface area contributed by atoms with Crippen LogP contribution >= 0.6 is 0 Å². The third-order valence-electron chi connectivity index (χ3n) is 3.89. The topological polar surface area (TPSA) is 62.5 Å². The quantitative estimate of drug-likeness (QED) is 0.668. The summed E-state index contributed by atoms with van der Waals surface area (Å²) in [5, 5.41) is 0. The van der Waals surface area contributed by atoms with E-state index in [-0.39, 0.29) is 6.54 Å². The zero-order valence-electron chi connectivity index (χ0n) is 14.0. The van der Waals surface area contributed by atoms with Gasteiger partial charge in [-0.15, -0.1) is 0 Å². The minimum absolute atomic E-state index is 0.290. The molecule has 0 saturated heterocycles. The van der Waals surface area contributed by atoms with Crippen molar-refractivity contribution < 1.29 is 9.47 Å². The Balaban J connectivity index is 2.01. The Labute approximate surface area is 144 Å².